The first-order valence-corrected chi connectivity index (χ1v) is 5.17. The van der Waals surface area contributed by atoms with Crippen LogP contribution in [0.2, 0.25) is 0 Å². The molecule has 0 atom stereocenters. The number of carboxylic acids is 2. The number of carboxylic acid groups (broad SMARTS) is 2. The average Bonchev–Trinajstić information content (AvgIpc) is 2.64. The molecule has 0 bridgehead atoms. The standard InChI is InChI=1S/C10H8.C4H4O4/c1-2-5-9-7-4-8-10(9)6-3-1;5-3(6)1-2-4(7)8/h1-8H;1-2H,(H,5,6)(H,7,8). The second-order valence-corrected chi connectivity index (χ2v) is 3.36. The lowest BCUT2D eigenvalue weighted by atomic mass is 10.2. The third-order valence-corrected chi connectivity index (χ3v) is 2.03. The van der Waals surface area contributed by atoms with Gasteiger partial charge in [0.2, 0.25) is 0 Å². The molecule has 0 radical (unpaired) electrons. The fourth-order valence-electron chi connectivity index (χ4n) is 1.28. The summed E-state index contributed by atoms with van der Waals surface area (Å²) < 4.78 is 0. The van der Waals surface area contributed by atoms with E-state index in [0.717, 1.165) is 0 Å². The number of rotatable bonds is 2. The molecule has 4 nitrogen and oxygen atoms in total. The third kappa shape index (κ3) is 4.94. The SMILES string of the molecule is O=C(O)C=CC(=O)O.c1ccc2cccc-2cc1. The van der Waals surface area contributed by atoms with E-state index in [1.165, 1.54) is 11.1 Å². The molecule has 0 heterocycles. The minimum Gasteiger partial charge on any atom is -0.478 e. The van der Waals surface area contributed by atoms with Crippen LogP contribution in [0.1, 0.15) is 0 Å². The quantitative estimate of drug-likeness (QED) is 0.796. The predicted molar refractivity (Wildman–Crippen MR) is 67.5 cm³/mol. The zero-order chi connectivity index (χ0) is 13.4. The van der Waals surface area contributed by atoms with Crippen LogP contribution >= 0.6 is 0 Å². The number of fused-ring (bicyclic) bond motifs is 1. The molecule has 0 fully saturated rings. The van der Waals surface area contributed by atoms with Gasteiger partial charge in [0.1, 0.15) is 0 Å². The maximum absolute atomic E-state index is 9.55. The summed E-state index contributed by atoms with van der Waals surface area (Å²) in [5, 5.41) is 15.6. The summed E-state index contributed by atoms with van der Waals surface area (Å²) in [4.78, 5) is 19.1. The highest BCUT2D eigenvalue weighted by Crippen LogP contribution is 2.19. The van der Waals surface area contributed by atoms with Gasteiger partial charge in [0.05, 0.1) is 0 Å². The van der Waals surface area contributed by atoms with Gasteiger partial charge in [-0.05, 0) is 11.1 Å². The van der Waals surface area contributed by atoms with Gasteiger partial charge < -0.3 is 10.2 Å². The normalized spacial score (nSPS) is 9.78. The van der Waals surface area contributed by atoms with Crippen LogP contribution in [-0.4, -0.2) is 22.2 Å². The van der Waals surface area contributed by atoms with Gasteiger partial charge in [0.15, 0.2) is 0 Å². The van der Waals surface area contributed by atoms with Crippen molar-refractivity contribution < 1.29 is 19.8 Å². The van der Waals surface area contributed by atoms with Crippen LogP contribution < -0.4 is 0 Å². The van der Waals surface area contributed by atoms with Crippen LogP contribution in [0.4, 0.5) is 0 Å². The summed E-state index contributed by atoms with van der Waals surface area (Å²) >= 11 is 0. The minimum absolute atomic E-state index is 0.558. The molecule has 0 aromatic carbocycles. The molecule has 2 aliphatic carbocycles. The molecule has 2 N–H and O–H groups in total. The highest BCUT2D eigenvalue weighted by atomic mass is 16.4. The smallest absolute Gasteiger partial charge is 0.328 e. The van der Waals surface area contributed by atoms with E-state index in [-0.39, 0.29) is 0 Å². The van der Waals surface area contributed by atoms with Crippen molar-refractivity contribution in [3.05, 3.63) is 60.7 Å². The fraction of sp³-hybridized carbons (Fsp3) is 0. The first kappa shape index (κ1) is 13.4. The van der Waals surface area contributed by atoms with Gasteiger partial charge in [0.25, 0.3) is 0 Å². The second kappa shape index (κ2) is 6.85. The Bertz CT molecular complexity index is 487. The number of hydrogen-bond acceptors (Lipinski definition) is 2. The monoisotopic (exact) mass is 244 g/mol. The van der Waals surface area contributed by atoms with E-state index in [1.807, 2.05) is 6.07 Å². The summed E-state index contributed by atoms with van der Waals surface area (Å²) in [6, 6.07) is 16.7. The summed E-state index contributed by atoms with van der Waals surface area (Å²) in [5.74, 6) is -2.51. The average molecular weight is 244 g/mol. The Morgan fingerprint density at radius 3 is 1.50 bits per heavy atom. The van der Waals surface area contributed by atoms with Gasteiger partial charge in [-0.25, -0.2) is 9.59 Å². The van der Waals surface area contributed by atoms with E-state index in [0.29, 0.717) is 12.2 Å². The number of aliphatic carboxylic acids is 2. The van der Waals surface area contributed by atoms with Crippen molar-refractivity contribution in [2.45, 2.75) is 0 Å². The highest BCUT2D eigenvalue weighted by Gasteiger charge is 1.94. The van der Waals surface area contributed by atoms with Crippen LogP contribution in [0.3, 0.4) is 0 Å². The van der Waals surface area contributed by atoms with E-state index >= 15 is 0 Å². The molecule has 0 aromatic heterocycles. The molecule has 0 aliphatic heterocycles. The molecule has 0 unspecified atom stereocenters. The van der Waals surface area contributed by atoms with Crippen molar-refractivity contribution in [2.24, 2.45) is 0 Å². The van der Waals surface area contributed by atoms with E-state index in [1.54, 1.807) is 0 Å². The van der Waals surface area contributed by atoms with Crippen molar-refractivity contribution in [3.63, 3.8) is 0 Å². The van der Waals surface area contributed by atoms with Gasteiger partial charge in [-0.15, -0.1) is 0 Å². The minimum atomic E-state index is -1.26. The van der Waals surface area contributed by atoms with Crippen molar-refractivity contribution >= 4 is 11.9 Å². The van der Waals surface area contributed by atoms with E-state index in [2.05, 4.69) is 42.5 Å². The molecule has 0 amide bonds. The lowest BCUT2D eigenvalue weighted by molar-refractivity contribution is -0.134. The Morgan fingerprint density at radius 1 is 0.722 bits per heavy atom. The second-order valence-electron chi connectivity index (χ2n) is 3.36. The largest absolute Gasteiger partial charge is 0.478 e. The molecule has 0 saturated carbocycles. The summed E-state index contributed by atoms with van der Waals surface area (Å²) in [6.45, 7) is 0. The van der Waals surface area contributed by atoms with Crippen molar-refractivity contribution in [3.8, 4) is 11.1 Å². The van der Waals surface area contributed by atoms with E-state index in [4.69, 9.17) is 10.2 Å². The van der Waals surface area contributed by atoms with Crippen LogP contribution in [0.5, 0.6) is 0 Å². The lowest BCUT2D eigenvalue weighted by Gasteiger charge is -1.85. The molecule has 0 aromatic rings. The molecular weight excluding hydrogens is 232 g/mol. The van der Waals surface area contributed by atoms with Crippen LogP contribution in [0, 0.1) is 0 Å². The lowest BCUT2D eigenvalue weighted by Crippen LogP contribution is -1.91. The summed E-state index contributed by atoms with van der Waals surface area (Å²) in [5.41, 5.74) is 2.62. The highest BCUT2D eigenvalue weighted by molar-refractivity contribution is 5.89. The molecule has 18 heavy (non-hydrogen) atoms. The molecule has 2 rings (SSSR count). The Balaban J connectivity index is 0.000000187. The van der Waals surface area contributed by atoms with Gasteiger partial charge in [-0.1, -0.05) is 48.5 Å². The topological polar surface area (TPSA) is 74.6 Å². The molecule has 92 valence electrons. The van der Waals surface area contributed by atoms with Crippen molar-refractivity contribution in [1.29, 1.82) is 0 Å². The number of hydrogen-bond donors (Lipinski definition) is 2. The zero-order valence-electron chi connectivity index (χ0n) is 9.48. The van der Waals surface area contributed by atoms with E-state index in [9.17, 15) is 9.59 Å². The molecule has 0 saturated heterocycles. The van der Waals surface area contributed by atoms with Gasteiger partial charge >= 0.3 is 11.9 Å². The predicted octanol–water partition coefficient (Wildman–Crippen LogP) is 2.50. The number of carbonyl (C=O) groups is 2. The Hall–Kier alpha value is -2.62. The maximum Gasteiger partial charge on any atom is 0.328 e. The van der Waals surface area contributed by atoms with Crippen molar-refractivity contribution in [2.75, 3.05) is 0 Å². The van der Waals surface area contributed by atoms with Crippen LogP contribution in [0.15, 0.2) is 60.7 Å². The third-order valence-electron chi connectivity index (χ3n) is 2.03. The van der Waals surface area contributed by atoms with Crippen LogP contribution in [-0.2, 0) is 9.59 Å². The first-order valence-electron chi connectivity index (χ1n) is 5.17. The Morgan fingerprint density at radius 2 is 1.11 bits per heavy atom. The zero-order valence-corrected chi connectivity index (χ0v) is 9.48. The molecule has 4 heteroatoms. The van der Waals surface area contributed by atoms with E-state index < -0.39 is 11.9 Å². The van der Waals surface area contributed by atoms with Crippen molar-refractivity contribution in [1.82, 2.24) is 0 Å². The van der Waals surface area contributed by atoms with Gasteiger partial charge in [0, 0.05) is 12.2 Å². The summed E-state index contributed by atoms with van der Waals surface area (Å²) in [7, 11) is 0. The first-order chi connectivity index (χ1) is 8.59. The Kier molecular flexibility index (Phi) is 5.12. The van der Waals surface area contributed by atoms with Crippen LogP contribution in [0.25, 0.3) is 11.1 Å². The fourth-order valence-corrected chi connectivity index (χ4v) is 1.28. The summed E-state index contributed by atoms with van der Waals surface area (Å²) in [6.07, 6.45) is 1.12. The molecular formula is C14H12O4. The molecule has 2 aliphatic rings. The Labute approximate surface area is 104 Å². The van der Waals surface area contributed by atoms with Gasteiger partial charge in [-0.3, -0.25) is 0 Å². The van der Waals surface area contributed by atoms with Gasteiger partial charge in [-0.2, -0.15) is 0 Å². The molecule has 0 spiro atoms. The maximum atomic E-state index is 9.55.